The Bertz CT molecular complexity index is 527. The van der Waals surface area contributed by atoms with Crippen molar-refractivity contribution in [3.05, 3.63) is 29.3 Å². The molecule has 0 aromatic heterocycles. The van der Waals surface area contributed by atoms with Crippen LogP contribution in [0.1, 0.15) is 41.6 Å². The summed E-state index contributed by atoms with van der Waals surface area (Å²) >= 11 is 0. The molecule has 3 N–H and O–H groups in total. The van der Waals surface area contributed by atoms with Gasteiger partial charge in [-0.2, -0.15) is 0 Å². The summed E-state index contributed by atoms with van der Waals surface area (Å²) < 4.78 is 0. The van der Waals surface area contributed by atoms with Gasteiger partial charge >= 0.3 is 5.97 Å². The van der Waals surface area contributed by atoms with Crippen LogP contribution < -0.4 is 5.32 Å². The number of phenols is 1. The largest absolute Gasteiger partial charge is 0.507 e. The molecule has 0 saturated heterocycles. The number of aryl methyl sites for hydroxylation is 1. The van der Waals surface area contributed by atoms with Gasteiger partial charge in [-0.1, -0.05) is 12.5 Å². The summed E-state index contributed by atoms with van der Waals surface area (Å²) in [5.41, 5.74) is 1.11. The zero-order valence-electron chi connectivity index (χ0n) is 11.4. The first-order valence-corrected chi connectivity index (χ1v) is 6.80. The predicted molar refractivity (Wildman–Crippen MR) is 73.7 cm³/mol. The van der Waals surface area contributed by atoms with Crippen molar-refractivity contribution in [1.29, 1.82) is 0 Å². The Kier molecular flexibility index (Phi) is 4.27. The number of nitrogens with one attached hydrogen (secondary N) is 1. The monoisotopic (exact) mass is 277 g/mol. The van der Waals surface area contributed by atoms with Crippen LogP contribution in [0.2, 0.25) is 0 Å². The maximum atomic E-state index is 12.1. The number of rotatable bonds is 3. The second-order valence-electron chi connectivity index (χ2n) is 5.39. The molecule has 1 aliphatic carbocycles. The predicted octanol–water partition coefficient (Wildman–Crippen LogP) is 2.07. The fraction of sp³-hybridized carbons (Fsp3) is 0.467. The minimum absolute atomic E-state index is 0.0481. The molecule has 0 spiro atoms. The van der Waals surface area contributed by atoms with Crippen LogP contribution in [0.25, 0.3) is 0 Å². The highest BCUT2D eigenvalue weighted by Gasteiger charge is 2.28. The van der Waals surface area contributed by atoms with Gasteiger partial charge in [0.05, 0.1) is 11.5 Å². The maximum absolute atomic E-state index is 12.1. The number of carboxylic acids is 1. The summed E-state index contributed by atoms with van der Waals surface area (Å²) in [7, 11) is 0. The van der Waals surface area contributed by atoms with Crippen molar-refractivity contribution < 1.29 is 19.8 Å². The standard InChI is InChI=1S/C15H19NO4/c1-9-5-6-12(13(17)7-9)14(18)16-11-4-2-3-10(8-11)15(19)20/h5-7,10-11,17H,2-4,8H2,1H3,(H,16,18)(H,19,20). The van der Waals surface area contributed by atoms with Crippen LogP contribution in [0.3, 0.4) is 0 Å². The first-order chi connectivity index (χ1) is 9.47. The summed E-state index contributed by atoms with van der Waals surface area (Å²) in [6.07, 6.45) is 2.69. The lowest BCUT2D eigenvalue weighted by Gasteiger charge is -2.27. The van der Waals surface area contributed by atoms with Gasteiger partial charge in [0, 0.05) is 6.04 Å². The van der Waals surface area contributed by atoms with E-state index in [-0.39, 0.29) is 29.2 Å². The van der Waals surface area contributed by atoms with E-state index in [2.05, 4.69) is 5.32 Å². The summed E-state index contributed by atoms with van der Waals surface area (Å²) in [5, 5.41) is 21.6. The number of carbonyl (C=O) groups is 2. The first kappa shape index (κ1) is 14.4. The number of phenolic OH excluding ortho intramolecular Hbond substituents is 1. The third-order valence-corrected chi connectivity index (χ3v) is 3.76. The van der Waals surface area contributed by atoms with Crippen LogP contribution in [0, 0.1) is 12.8 Å². The Morgan fingerprint density at radius 2 is 2.05 bits per heavy atom. The molecule has 2 atom stereocenters. The number of benzene rings is 1. The molecular weight excluding hydrogens is 258 g/mol. The number of amides is 1. The van der Waals surface area contributed by atoms with Gasteiger partial charge in [0.25, 0.3) is 5.91 Å². The maximum Gasteiger partial charge on any atom is 0.306 e. The zero-order chi connectivity index (χ0) is 14.7. The molecule has 1 amide bonds. The van der Waals surface area contributed by atoms with E-state index in [1.165, 1.54) is 6.07 Å². The summed E-state index contributed by atoms with van der Waals surface area (Å²) in [5.74, 6) is -1.59. The molecule has 1 aromatic carbocycles. The van der Waals surface area contributed by atoms with E-state index < -0.39 is 5.97 Å². The van der Waals surface area contributed by atoms with Crippen molar-refractivity contribution in [2.45, 2.75) is 38.6 Å². The molecular formula is C15H19NO4. The van der Waals surface area contributed by atoms with Gasteiger partial charge in [0.15, 0.2) is 0 Å². The lowest BCUT2D eigenvalue weighted by atomic mass is 9.85. The third-order valence-electron chi connectivity index (χ3n) is 3.76. The van der Waals surface area contributed by atoms with Crippen molar-refractivity contribution in [1.82, 2.24) is 5.32 Å². The van der Waals surface area contributed by atoms with Gasteiger partial charge < -0.3 is 15.5 Å². The van der Waals surface area contributed by atoms with Crippen molar-refractivity contribution in [3.63, 3.8) is 0 Å². The molecule has 0 radical (unpaired) electrons. The van der Waals surface area contributed by atoms with Gasteiger partial charge in [-0.05, 0) is 43.9 Å². The van der Waals surface area contributed by atoms with Gasteiger partial charge in [-0.3, -0.25) is 9.59 Å². The topological polar surface area (TPSA) is 86.6 Å². The van der Waals surface area contributed by atoms with Crippen LogP contribution in [0.4, 0.5) is 0 Å². The average Bonchev–Trinajstić information content (AvgIpc) is 2.38. The van der Waals surface area contributed by atoms with Crippen molar-refractivity contribution >= 4 is 11.9 Å². The van der Waals surface area contributed by atoms with E-state index >= 15 is 0 Å². The second-order valence-corrected chi connectivity index (χ2v) is 5.39. The molecule has 1 aromatic rings. The highest BCUT2D eigenvalue weighted by molar-refractivity contribution is 5.97. The van der Waals surface area contributed by atoms with E-state index in [1.54, 1.807) is 12.1 Å². The summed E-state index contributed by atoms with van der Waals surface area (Å²) in [6, 6.07) is 4.74. The first-order valence-electron chi connectivity index (χ1n) is 6.80. The van der Waals surface area contributed by atoms with Crippen molar-refractivity contribution in [3.8, 4) is 5.75 Å². The van der Waals surface area contributed by atoms with E-state index in [4.69, 9.17) is 5.11 Å². The van der Waals surface area contributed by atoms with Gasteiger partial charge in [0.2, 0.25) is 0 Å². The number of hydrogen-bond donors (Lipinski definition) is 3. The Morgan fingerprint density at radius 3 is 2.70 bits per heavy atom. The number of carboxylic acid groups (broad SMARTS) is 1. The van der Waals surface area contributed by atoms with E-state index in [9.17, 15) is 14.7 Å². The average molecular weight is 277 g/mol. The Hall–Kier alpha value is -2.04. The minimum atomic E-state index is -0.804. The lowest BCUT2D eigenvalue weighted by Crippen LogP contribution is -2.39. The minimum Gasteiger partial charge on any atom is -0.507 e. The van der Waals surface area contributed by atoms with Crippen LogP contribution >= 0.6 is 0 Å². The smallest absolute Gasteiger partial charge is 0.306 e. The highest BCUT2D eigenvalue weighted by Crippen LogP contribution is 2.25. The lowest BCUT2D eigenvalue weighted by molar-refractivity contribution is -0.143. The van der Waals surface area contributed by atoms with E-state index in [0.29, 0.717) is 12.8 Å². The molecule has 2 rings (SSSR count). The highest BCUT2D eigenvalue weighted by atomic mass is 16.4. The van der Waals surface area contributed by atoms with Crippen LogP contribution in [-0.2, 0) is 4.79 Å². The molecule has 1 saturated carbocycles. The molecule has 1 fully saturated rings. The van der Waals surface area contributed by atoms with Crippen molar-refractivity contribution in [2.75, 3.05) is 0 Å². The van der Waals surface area contributed by atoms with E-state index in [1.807, 2.05) is 6.92 Å². The molecule has 108 valence electrons. The zero-order valence-corrected chi connectivity index (χ0v) is 11.4. The number of aromatic hydroxyl groups is 1. The Morgan fingerprint density at radius 1 is 1.30 bits per heavy atom. The molecule has 2 unspecified atom stereocenters. The number of aliphatic carboxylic acids is 1. The van der Waals surface area contributed by atoms with Crippen molar-refractivity contribution in [2.24, 2.45) is 5.92 Å². The summed E-state index contributed by atoms with van der Waals surface area (Å²) in [4.78, 5) is 23.1. The van der Waals surface area contributed by atoms with Crippen LogP contribution in [0.15, 0.2) is 18.2 Å². The fourth-order valence-electron chi connectivity index (χ4n) is 2.64. The molecule has 5 nitrogen and oxygen atoms in total. The molecule has 0 bridgehead atoms. The van der Waals surface area contributed by atoms with Crippen LogP contribution in [-0.4, -0.2) is 28.1 Å². The second kappa shape index (κ2) is 5.94. The molecule has 1 aliphatic rings. The molecule has 0 heterocycles. The number of hydrogen-bond acceptors (Lipinski definition) is 3. The molecule has 20 heavy (non-hydrogen) atoms. The third kappa shape index (κ3) is 3.29. The van der Waals surface area contributed by atoms with E-state index in [0.717, 1.165) is 18.4 Å². The normalized spacial score (nSPS) is 22.2. The number of carbonyl (C=O) groups excluding carboxylic acids is 1. The van der Waals surface area contributed by atoms with Crippen LogP contribution in [0.5, 0.6) is 5.75 Å². The van der Waals surface area contributed by atoms with Gasteiger partial charge in [0.1, 0.15) is 5.75 Å². The van der Waals surface area contributed by atoms with Gasteiger partial charge in [-0.15, -0.1) is 0 Å². The SMILES string of the molecule is Cc1ccc(C(=O)NC2CCCC(C(=O)O)C2)c(O)c1. The summed E-state index contributed by atoms with van der Waals surface area (Å²) in [6.45, 7) is 1.83. The Balaban J connectivity index is 2.02. The molecule has 5 heteroatoms. The molecule has 0 aliphatic heterocycles. The quantitative estimate of drug-likeness (QED) is 0.789. The Labute approximate surface area is 117 Å². The van der Waals surface area contributed by atoms with Gasteiger partial charge in [-0.25, -0.2) is 0 Å². The fourth-order valence-corrected chi connectivity index (χ4v) is 2.64.